The molecular formula is C18H23N3. The highest BCUT2D eigenvalue weighted by Crippen LogP contribution is 2.34. The molecule has 3 heteroatoms. The lowest BCUT2D eigenvalue weighted by Gasteiger charge is -2.31. The Hall–Kier alpha value is -1.87. The summed E-state index contributed by atoms with van der Waals surface area (Å²) in [5.74, 6) is 1.06. The Morgan fingerprint density at radius 1 is 1.33 bits per heavy atom. The lowest BCUT2D eigenvalue weighted by atomic mass is 10.0. The Balaban J connectivity index is 1.98. The number of pyridine rings is 1. The van der Waals surface area contributed by atoms with E-state index in [1.165, 1.54) is 23.2 Å². The molecule has 110 valence electrons. The van der Waals surface area contributed by atoms with Gasteiger partial charge in [-0.25, -0.2) is 4.98 Å². The highest BCUT2D eigenvalue weighted by atomic mass is 15.2. The van der Waals surface area contributed by atoms with Gasteiger partial charge in [0.25, 0.3) is 0 Å². The fourth-order valence-corrected chi connectivity index (χ4v) is 3.06. The van der Waals surface area contributed by atoms with E-state index in [9.17, 15) is 0 Å². The van der Waals surface area contributed by atoms with Crippen molar-refractivity contribution in [1.82, 2.24) is 4.98 Å². The predicted octanol–water partition coefficient (Wildman–Crippen LogP) is 3.88. The van der Waals surface area contributed by atoms with E-state index in [1.54, 1.807) is 0 Å². The fraction of sp³-hybridized carbons (Fsp3) is 0.389. The Morgan fingerprint density at radius 3 is 2.90 bits per heavy atom. The first-order valence-electron chi connectivity index (χ1n) is 7.78. The van der Waals surface area contributed by atoms with Crippen LogP contribution in [0.5, 0.6) is 0 Å². The summed E-state index contributed by atoms with van der Waals surface area (Å²) in [5, 5.41) is 0. The number of rotatable bonds is 3. The van der Waals surface area contributed by atoms with Crippen LogP contribution < -0.4 is 10.6 Å². The van der Waals surface area contributed by atoms with Crippen molar-refractivity contribution >= 4 is 11.5 Å². The summed E-state index contributed by atoms with van der Waals surface area (Å²) in [4.78, 5) is 7.06. The van der Waals surface area contributed by atoms with E-state index in [2.05, 4.69) is 49.1 Å². The number of nitrogens with two attached hydrogens (primary N) is 1. The summed E-state index contributed by atoms with van der Waals surface area (Å²) in [6.07, 6.45) is 5.21. The maximum Gasteiger partial charge on any atom is 0.135 e. The third-order valence-corrected chi connectivity index (χ3v) is 4.31. The van der Waals surface area contributed by atoms with E-state index >= 15 is 0 Å². The number of para-hydroxylation sites is 1. The topological polar surface area (TPSA) is 42.1 Å². The van der Waals surface area contributed by atoms with Gasteiger partial charge in [-0.3, -0.25) is 0 Å². The fourth-order valence-electron chi connectivity index (χ4n) is 3.06. The van der Waals surface area contributed by atoms with Crippen molar-refractivity contribution in [2.75, 3.05) is 11.4 Å². The summed E-state index contributed by atoms with van der Waals surface area (Å²) in [7, 11) is 0. The third-order valence-electron chi connectivity index (χ3n) is 4.31. The molecule has 2 N–H and O–H groups in total. The van der Waals surface area contributed by atoms with E-state index in [4.69, 9.17) is 10.7 Å². The number of fused-ring (bicyclic) bond motifs is 1. The second kappa shape index (κ2) is 5.86. The van der Waals surface area contributed by atoms with Gasteiger partial charge >= 0.3 is 0 Å². The van der Waals surface area contributed by atoms with Gasteiger partial charge in [-0.15, -0.1) is 0 Å². The van der Waals surface area contributed by atoms with Gasteiger partial charge in [-0.1, -0.05) is 25.1 Å². The molecule has 1 aliphatic heterocycles. The molecule has 0 saturated carbocycles. The number of aryl methyl sites for hydroxylation is 2. The Morgan fingerprint density at radius 2 is 2.14 bits per heavy atom. The Kier molecular flexibility index (Phi) is 3.93. The summed E-state index contributed by atoms with van der Waals surface area (Å²) in [6.45, 7) is 5.27. The Bertz CT molecular complexity index is 636. The van der Waals surface area contributed by atoms with E-state index in [-0.39, 0.29) is 6.04 Å². The lowest BCUT2D eigenvalue weighted by Crippen LogP contribution is -2.26. The first-order chi connectivity index (χ1) is 10.2. The largest absolute Gasteiger partial charge is 0.326 e. The molecule has 0 amide bonds. The molecule has 1 aromatic carbocycles. The summed E-state index contributed by atoms with van der Waals surface area (Å²) < 4.78 is 0. The molecule has 2 aromatic rings. The number of benzene rings is 1. The average Bonchev–Trinajstić information content (AvgIpc) is 2.53. The zero-order chi connectivity index (χ0) is 14.8. The smallest absolute Gasteiger partial charge is 0.135 e. The first-order valence-corrected chi connectivity index (χ1v) is 7.78. The Labute approximate surface area is 126 Å². The van der Waals surface area contributed by atoms with Crippen LogP contribution in [0.15, 0.2) is 36.5 Å². The third kappa shape index (κ3) is 2.66. The van der Waals surface area contributed by atoms with E-state index in [1.807, 2.05) is 6.20 Å². The minimum absolute atomic E-state index is 0.0823. The summed E-state index contributed by atoms with van der Waals surface area (Å²) in [5.41, 5.74) is 11.2. The normalized spacial score (nSPS) is 15.7. The van der Waals surface area contributed by atoms with Gasteiger partial charge in [0.05, 0.1) is 0 Å². The van der Waals surface area contributed by atoms with E-state index in [0.29, 0.717) is 0 Å². The molecule has 0 aliphatic carbocycles. The second-order valence-electron chi connectivity index (χ2n) is 5.81. The molecular weight excluding hydrogens is 258 g/mol. The van der Waals surface area contributed by atoms with Crippen LogP contribution in [0.1, 0.15) is 42.5 Å². The first kappa shape index (κ1) is 14.1. The van der Waals surface area contributed by atoms with Crippen LogP contribution in [-0.4, -0.2) is 11.5 Å². The van der Waals surface area contributed by atoms with Crippen LogP contribution in [0.2, 0.25) is 0 Å². The number of hydrogen-bond donors (Lipinski definition) is 1. The SMILES string of the molecule is CC[C@H](N)c1cnc(N2CCCc3ccccc32)c(C)c1. The quantitative estimate of drug-likeness (QED) is 0.928. The molecule has 1 atom stereocenters. The van der Waals surface area contributed by atoms with Crippen LogP contribution in [0, 0.1) is 6.92 Å². The monoisotopic (exact) mass is 281 g/mol. The van der Waals surface area contributed by atoms with Crippen LogP contribution >= 0.6 is 0 Å². The van der Waals surface area contributed by atoms with Crippen molar-refractivity contribution in [1.29, 1.82) is 0 Å². The van der Waals surface area contributed by atoms with Gasteiger partial charge in [0.15, 0.2) is 0 Å². The van der Waals surface area contributed by atoms with Gasteiger partial charge in [0, 0.05) is 24.5 Å². The molecule has 21 heavy (non-hydrogen) atoms. The molecule has 0 fully saturated rings. The van der Waals surface area contributed by atoms with Gasteiger partial charge < -0.3 is 10.6 Å². The molecule has 3 nitrogen and oxygen atoms in total. The van der Waals surface area contributed by atoms with Gasteiger partial charge in [0.1, 0.15) is 5.82 Å². The van der Waals surface area contributed by atoms with Crippen LogP contribution in [0.4, 0.5) is 11.5 Å². The van der Waals surface area contributed by atoms with E-state index < -0.39 is 0 Å². The summed E-state index contributed by atoms with van der Waals surface area (Å²) in [6, 6.07) is 10.9. The number of anilines is 2. The average molecular weight is 281 g/mol. The highest BCUT2D eigenvalue weighted by molar-refractivity contribution is 5.67. The van der Waals surface area contributed by atoms with Crippen molar-refractivity contribution in [3.05, 3.63) is 53.2 Å². The predicted molar refractivity (Wildman–Crippen MR) is 88.0 cm³/mol. The molecule has 1 aliphatic rings. The van der Waals surface area contributed by atoms with Crippen molar-refractivity contribution in [3.63, 3.8) is 0 Å². The second-order valence-corrected chi connectivity index (χ2v) is 5.81. The van der Waals surface area contributed by atoms with E-state index in [0.717, 1.165) is 30.8 Å². The van der Waals surface area contributed by atoms with Crippen molar-refractivity contribution in [2.24, 2.45) is 5.73 Å². The molecule has 0 unspecified atom stereocenters. The van der Waals surface area contributed by atoms with Crippen LogP contribution in [0.25, 0.3) is 0 Å². The van der Waals surface area contributed by atoms with Crippen molar-refractivity contribution in [3.8, 4) is 0 Å². The van der Waals surface area contributed by atoms with Crippen LogP contribution in [0.3, 0.4) is 0 Å². The van der Waals surface area contributed by atoms with Gasteiger partial charge in [0.2, 0.25) is 0 Å². The molecule has 1 aromatic heterocycles. The lowest BCUT2D eigenvalue weighted by molar-refractivity contribution is 0.692. The minimum Gasteiger partial charge on any atom is -0.326 e. The molecule has 2 heterocycles. The highest BCUT2D eigenvalue weighted by Gasteiger charge is 2.20. The maximum atomic E-state index is 6.11. The maximum absolute atomic E-state index is 6.11. The standard InChI is InChI=1S/C18H23N3/c1-3-16(19)15-11-13(2)18(20-12-15)21-10-6-8-14-7-4-5-9-17(14)21/h4-5,7,9,11-12,16H,3,6,8,10,19H2,1-2H3/t16-/m0/s1. The number of hydrogen-bond acceptors (Lipinski definition) is 3. The molecule has 0 spiro atoms. The number of aromatic nitrogens is 1. The molecule has 0 bridgehead atoms. The van der Waals surface area contributed by atoms with Crippen molar-refractivity contribution < 1.29 is 0 Å². The van der Waals surface area contributed by atoms with Crippen molar-refractivity contribution in [2.45, 2.75) is 39.2 Å². The molecule has 0 saturated heterocycles. The molecule has 3 rings (SSSR count). The van der Waals surface area contributed by atoms with Gasteiger partial charge in [-0.05, 0) is 55.0 Å². The van der Waals surface area contributed by atoms with Gasteiger partial charge in [-0.2, -0.15) is 0 Å². The zero-order valence-corrected chi connectivity index (χ0v) is 12.8. The zero-order valence-electron chi connectivity index (χ0n) is 12.8. The minimum atomic E-state index is 0.0823. The summed E-state index contributed by atoms with van der Waals surface area (Å²) >= 11 is 0. The van der Waals surface area contributed by atoms with Crippen LogP contribution in [-0.2, 0) is 6.42 Å². The molecule has 0 radical (unpaired) electrons. The number of nitrogens with zero attached hydrogens (tertiary/aromatic N) is 2.